The van der Waals surface area contributed by atoms with E-state index in [-0.39, 0.29) is 12.3 Å². The van der Waals surface area contributed by atoms with Crippen LogP contribution in [0.25, 0.3) is 0 Å². The second kappa shape index (κ2) is 8.13. The first-order valence-corrected chi connectivity index (χ1v) is 6.36. The van der Waals surface area contributed by atoms with E-state index >= 15 is 0 Å². The summed E-state index contributed by atoms with van der Waals surface area (Å²) in [7, 11) is 1.61. The van der Waals surface area contributed by atoms with Gasteiger partial charge in [-0.25, -0.2) is 0 Å². The van der Waals surface area contributed by atoms with E-state index in [1.165, 1.54) is 0 Å². The van der Waals surface area contributed by atoms with Crippen LogP contribution in [0, 0.1) is 0 Å². The molecule has 5 heteroatoms. The van der Waals surface area contributed by atoms with E-state index in [4.69, 9.17) is 5.11 Å². The van der Waals surface area contributed by atoms with Crippen molar-refractivity contribution in [1.29, 1.82) is 0 Å². The maximum Gasteiger partial charge on any atom is 0.305 e. The molecule has 1 aromatic rings. The Morgan fingerprint density at radius 3 is 2.42 bits per heavy atom. The number of nitrogens with zero attached hydrogens (tertiary/aromatic N) is 1. The van der Waals surface area contributed by atoms with Crippen LogP contribution in [0.3, 0.4) is 0 Å². The standard InChI is InChI=1S/C14H20N2O3/c1-15-13(17)8-5-10-16(11-9-14(18)19)12-6-3-2-4-7-12/h2-4,6-7H,5,8-11H2,1H3,(H,15,17)(H,18,19). The molecule has 0 spiro atoms. The van der Waals surface area contributed by atoms with Gasteiger partial charge < -0.3 is 15.3 Å². The minimum atomic E-state index is -0.813. The normalized spacial score (nSPS) is 9.95. The van der Waals surface area contributed by atoms with Gasteiger partial charge in [-0.1, -0.05) is 18.2 Å². The number of amides is 1. The number of anilines is 1. The van der Waals surface area contributed by atoms with Crippen LogP contribution in [0.4, 0.5) is 5.69 Å². The summed E-state index contributed by atoms with van der Waals surface area (Å²) < 4.78 is 0. The summed E-state index contributed by atoms with van der Waals surface area (Å²) in [5.41, 5.74) is 0.987. The molecule has 0 aliphatic heterocycles. The van der Waals surface area contributed by atoms with Crippen LogP contribution in [0.2, 0.25) is 0 Å². The Hall–Kier alpha value is -2.04. The molecule has 0 atom stereocenters. The van der Waals surface area contributed by atoms with Crippen molar-refractivity contribution in [3.63, 3.8) is 0 Å². The lowest BCUT2D eigenvalue weighted by molar-refractivity contribution is -0.136. The number of carbonyl (C=O) groups excluding carboxylic acids is 1. The zero-order chi connectivity index (χ0) is 14.1. The Morgan fingerprint density at radius 2 is 1.84 bits per heavy atom. The first-order chi connectivity index (χ1) is 9.13. The first kappa shape index (κ1) is 15.0. The fourth-order valence-electron chi connectivity index (χ4n) is 1.79. The molecule has 0 heterocycles. The van der Waals surface area contributed by atoms with Gasteiger partial charge in [-0.05, 0) is 18.6 Å². The van der Waals surface area contributed by atoms with E-state index in [0.717, 1.165) is 5.69 Å². The molecule has 5 nitrogen and oxygen atoms in total. The lowest BCUT2D eigenvalue weighted by Crippen LogP contribution is -2.28. The molecule has 19 heavy (non-hydrogen) atoms. The highest BCUT2D eigenvalue weighted by molar-refractivity contribution is 5.75. The third-order valence-electron chi connectivity index (χ3n) is 2.83. The van der Waals surface area contributed by atoms with E-state index in [1.54, 1.807) is 7.05 Å². The molecule has 1 aromatic carbocycles. The summed E-state index contributed by atoms with van der Waals surface area (Å²) in [6, 6.07) is 9.65. The molecule has 0 radical (unpaired) electrons. The van der Waals surface area contributed by atoms with Gasteiger partial charge in [0.1, 0.15) is 0 Å². The second-order valence-electron chi connectivity index (χ2n) is 4.24. The van der Waals surface area contributed by atoms with Crippen molar-refractivity contribution in [2.24, 2.45) is 0 Å². The molecule has 0 fully saturated rings. The van der Waals surface area contributed by atoms with Gasteiger partial charge in [0.05, 0.1) is 6.42 Å². The number of carboxylic acid groups (broad SMARTS) is 1. The molecule has 104 valence electrons. The largest absolute Gasteiger partial charge is 0.481 e. The number of hydrogen-bond donors (Lipinski definition) is 2. The molecule has 0 saturated carbocycles. The molecule has 1 amide bonds. The number of nitrogens with one attached hydrogen (secondary N) is 1. The Kier molecular flexibility index (Phi) is 6.43. The summed E-state index contributed by atoms with van der Waals surface area (Å²) in [4.78, 5) is 23.8. The van der Waals surface area contributed by atoms with Gasteiger partial charge in [0, 0.05) is 32.2 Å². The SMILES string of the molecule is CNC(=O)CCCN(CCC(=O)O)c1ccccc1. The van der Waals surface area contributed by atoms with Crippen molar-refractivity contribution >= 4 is 17.6 Å². The molecule has 0 aliphatic rings. The van der Waals surface area contributed by atoms with Crippen LogP contribution in [-0.2, 0) is 9.59 Å². The highest BCUT2D eigenvalue weighted by Crippen LogP contribution is 2.14. The topological polar surface area (TPSA) is 69.6 Å². The van der Waals surface area contributed by atoms with Crippen molar-refractivity contribution in [2.75, 3.05) is 25.0 Å². The number of carbonyl (C=O) groups is 2. The lowest BCUT2D eigenvalue weighted by Gasteiger charge is -2.24. The van der Waals surface area contributed by atoms with Crippen molar-refractivity contribution in [2.45, 2.75) is 19.3 Å². The fourth-order valence-corrected chi connectivity index (χ4v) is 1.79. The van der Waals surface area contributed by atoms with E-state index in [0.29, 0.717) is 25.9 Å². The zero-order valence-electron chi connectivity index (χ0n) is 11.1. The second-order valence-corrected chi connectivity index (χ2v) is 4.24. The van der Waals surface area contributed by atoms with Crippen LogP contribution < -0.4 is 10.2 Å². The number of hydrogen-bond acceptors (Lipinski definition) is 3. The first-order valence-electron chi connectivity index (χ1n) is 6.36. The van der Waals surface area contributed by atoms with Crippen LogP contribution in [0.1, 0.15) is 19.3 Å². The maximum absolute atomic E-state index is 11.2. The van der Waals surface area contributed by atoms with Crippen LogP contribution >= 0.6 is 0 Å². The van der Waals surface area contributed by atoms with Crippen LogP contribution in [0.15, 0.2) is 30.3 Å². The van der Waals surface area contributed by atoms with Crippen molar-refractivity contribution in [1.82, 2.24) is 5.32 Å². The van der Waals surface area contributed by atoms with Gasteiger partial charge in [0.2, 0.25) is 5.91 Å². The number of rotatable bonds is 8. The Bertz CT molecular complexity index is 406. The van der Waals surface area contributed by atoms with Gasteiger partial charge in [-0.3, -0.25) is 9.59 Å². The molecule has 0 aromatic heterocycles. The quantitative estimate of drug-likeness (QED) is 0.746. The number of aliphatic carboxylic acids is 1. The van der Waals surface area contributed by atoms with Gasteiger partial charge >= 0.3 is 5.97 Å². The molecule has 0 aliphatic carbocycles. The Labute approximate surface area is 113 Å². The summed E-state index contributed by atoms with van der Waals surface area (Å²) in [6.45, 7) is 1.12. The van der Waals surface area contributed by atoms with Crippen molar-refractivity contribution < 1.29 is 14.7 Å². The Balaban J connectivity index is 2.54. The predicted molar refractivity (Wildman–Crippen MR) is 74.2 cm³/mol. The van der Waals surface area contributed by atoms with Crippen molar-refractivity contribution in [3.05, 3.63) is 30.3 Å². The zero-order valence-corrected chi connectivity index (χ0v) is 11.1. The molecule has 0 bridgehead atoms. The van der Waals surface area contributed by atoms with Gasteiger partial charge in [0.25, 0.3) is 0 Å². The lowest BCUT2D eigenvalue weighted by atomic mass is 10.2. The average molecular weight is 264 g/mol. The molecule has 0 unspecified atom stereocenters. The summed E-state index contributed by atoms with van der Waals surface area (Å²) in [5.74, 6) is -0.807. The van der Waals surface area contributed by atoms with E-state index in [2.05, 4.69) is 5.32 Å². The van der Waals surface area contributed by atoms with E-state index in [9.17, 15) is 9.59 Å². The molecule has 1 rings (SSSR count). The monoisotopic (exact) mass is 264 g/mol. The third-order valence-corrected chi connectivity index (χ3v) is 2.83. The fraction of sp³-hybridized carbons (Fsp3) is 0.429. The summed E-state index contributed by atoms with van der Waals surface area (Å²) in [6.07, 6.45) is 1.25. The smallest absolute Gasteiger partial charge is 0.305 e. The van der Waals surface area contributed by atoms with Crippen LogP contribution in [-0.4, -0.2) is 37.1 Å². The van der Waals surface area contributed by atoms with Crippen molar-refractivity contribution in [3.8, 4) is 0 Å². The van der Waals surface area contributed by atoms with Gasteiger partial charge in [-0.2, -0.15) is 0 Å². The number of benzene rings is 1. The minimum Gasteiger partial charge on any atom is -0.481 e. The Morgan fingerprint density at radius 1 is 1.16 bits per heavy atom. The number of carboxylic acids is 1. The highest BCUT2D eigenvalue weighted by atomic mass is 16.4. The summed E-state index contributed by atoms with van der Waals surface area (Å²) >= 11 is 0. The average Bonchev–Trinajstić information content (AvgIpc) is 2.43. The molecule has 0 saturated heterocycles. The van der Waals surface area contributed by atoms with E-state index in [1.807, 2.05) is 35.2 Å². The van der Waals surface area contributed by atoms with Gasteiger partial charge in [0.15, 0.2) is 0 Å². The van der Waals surface area contributed by atoms with E-state index < -0.39 is 5.97 Å². The van der Waals surface area contributed by atoms with Crippen LogP contribution in [0.5, 0.6) is 0 Å². The maximum atomic E-state index is 11.2. The number of para-hydroxylation sites is 1. The molecular formula is C14H20N2O3. The minimum absolute atomic E-state index is 0.00578. The van der Waals surface area contributed by atoms with Gasteiger partial charge in [-0.15, -0.1) is 0 Å². The predicted octanol–water partition coefficient (Wildman–Crippen LogP) is 1.49. The molecular weight excluding hydrogens is 244 g/mol. The molecule has 2 N–H and O–H groups in total. The third kappa shape index (κ3) is 5.90. The summed E-state index contributed by atoms with van der Waals surface area (Å²) in [5, 5.41) is 11.3. The highest BCUT2D eigenvalue weighted by Gasteiger charge is 2.09.